The Labute approximate surface area is 179 Å². The first-order chi connectivity index (χ1) is 13.1. The van der Waals surface area contributed by atoms with E-state index < -0.39 is 0 Å². The van der Waals surface area contributed by atoms with E-state index in [1.54, 1.807) is 17.7 Å². The van der Waals surface area contributed by atoms with Gasteiger partial charge in [-0.3, -0.25) is 0 Å². The SMILES string of the molecule is Cc1sc2ncnc(Nc3ccc(OCc4ccc(Cl)cc4)cc3)c2c1C.Cl. The highest BCUT2D eigenvalue weighted by Crippen LogP contribution is 2.33. The maximum absolute atomic E-state index is 5.90. The van der Waals surface area contributed by atoms with Gasteiger partial charge in [-0.25, -0.2) is 9.97 Å². The van der Waals surface area contributed by atoms with Gasteiger partial charge in [0.1, 0.15) is 29.3 Å². The number of hydrogen-bond acceptors (Lipinski definition) is 5. The van der Waals surface area contributed by atoms with Crippen LogP contribution in [0.4, 0.5) is 11.5 Å². The average molecular weight is 432 g/mol. The second kappa shape index (κ2) is 8.78. The molecule has 0 unspecified atom stereocenters. The highest BCUT2D eigenvalue weighted by molar-refractivity contribution is 7.18. The number of benzene rings is 2. The smallest absolute Gasteiger partial charge is 0.142 e. The maximum Gasteiger partial charge on any atom is 0.142 e. The van der Waals surface area contributed by atoms with E-state index in [1.807, 2.05) is 48.5 Å². The predicted molar refractivity (Wildman–Crippen MR) is 120 cm³/mol. The van der Waals surface area contributed by atoms with Crippen LogP contribution in [0.1, 0.15) is 16.0 Å². The summed E-state index contributed by atoms with van der Waals surface area (Å²) >= 11 is 7.60. The summed E-state index contributed by atoms with van der Waals surface area (Å²) in [7, 11) is 0. The van der Waals surface area contributed by atoms with Crippen molar-refractivity contribution >= 4 is 57.1 Å². The topological polar surface area (TPSA) is 47.0 Å². The van der Waals surface area contributed by atoms with Crippen LogP contribution in [0, 0.1) is 13.8 Å². The van der Waals surface area contributed by atoms with Gasteiger partial charge in [0.05, 0.1) is 5.39 Å². The highest BCUT2D eigenvalue weighted by atomic mass is 35.5. The van der Waals surface area contributed by atoms with Crippen molar-refractivity contribution in [3.8, 4) is 5.75 Å². The molecule has 4 nitrogen and oxygen atoms in total. The largest absolute Gasteiger partial charge is 0.489 e. The number of thiophene rings is 1. The standard InChI is InChI=1S/C21H18ClN3OS.ClH/c1-13-14(2)27-21-19(13)20(23-12-24-21)25-17-7-9-18(10-8-17)26-11-15-3-5-16(22)6-4-15;/h3-10,12H,11H2,1-2H3,(H,23,24,25);1H. The summed E-state index contributed by atoms with van der Waals surface area (Å²) in [5.74, 6) is 1.64. The van der Waals surface area contributed by atoms with E-state index in [2.05, 4.69) is 29.1 Å². The lowest BCUT2D eigenvalue weighted by Gasteiger charge is -2.10. The number of aromatic nitrogens is 2. The van der Waals surface area contributed by atoms with Gasteiger partial charge in [-0.15, -0.1) is 23.7 Å². The number of nitrogens with one attached hydrogen (secondary N) is 1. The molecule has 0 atom stereocenters. The minimum Gasteiger partial charge on any atom is -0.489 e. The average Bonchev–Trinajstić information content (AvgIpc) is 2.97. The van der Waals surface area contributed by atoms with Crippen molar-refractivity contribution in [2.45, 2.75) is 20.5 Å². The van der Waals surface area contributed by atoms with Gasteiger partial charge in [-0.1, -0.05) is 23.7 Å². The third kappa shape index (κ3) is 4.38. The maximum atomic E-state index is 5.90. The Bertz CT molecular complexity index is 1080. The van der Waals surface area contributed by atoms with E-state index in [1.165, 1.54) is 10.4 Å². The molecule has 0 saturated heterocycles. The van der Waals surface area contributed by atoms with Crippen LogP contribution in [-0.4, -0.2) is 9.97 Å². The van der Waals surface area contributed by atoms with Crippen LogP contribution in [-0.2, 0) is 6.61 Å². The van der Waals surface area contributed by atoms with E-state index in [0.717, 1.165) is 38.1 Å². The quantitative estimate of drug-likeness (QED) is 0.381. The third-order valence-corrected chi connectivity index (χ3v) is 5.77. The lowest BCUT2D eigenvalue weighted by molar-refractivity contribution is 0.306. The second-order valence-electron chi connectivity index (χ2n) is 6.25. The van der Waals surface area contributed by atoms with Gasteiger partial charge < -0.3 is 10.1 Å². The minimum atomic E-state index is 0. The Morgan fingerprint density at radius 1 is 1.00 bits per heavy atom. The Morgan fingerprint density at radius 2 is 1.71 bits per heavy atom. The van der Waals surface area contributed by atoms with Crippen molar-refractivity contribution in [2.24, 2.45) is 0 Å². The zero-order valence-electron chi connectivity index (χ0n) is 15.4. The molecule has 0 saturated carbocycles. The molecule has 1 N–H and O–H groups in total. The first kappa shape index (κ1) is 20.4. The Hall–Kier alpha value is -2.34. The molecular formula is C21H19Cl2N3OS. The van der Waals surface area contributed by atoms with Crippen molar-refractivity contribution < 1.29 is 4.74 Å². The summed E-state index contributed by atoms with van der Waals surface area (Å²) in [5, 5.41) is 5.21. The molecule has 0 aliphatic carbocycles. The number of hydrogen-bond donors (Lipinski definition) is 1. The summed E-state index contributed by atoms with van der Waals surface area (Å²) in [6.45, 7) is 4.72. The molecule has 0 aliphatic heterocycles. The van der Waals surface area contributed by atoms with Gasteiger partial charge in [0.25, 0.3) is 0 Å². The first-order valence-electron chi connectivity index (χ1n) is 8.55. The van der Waals surface area contributed by atoms with Crippen molar-refractivity contribution in [3.63, 3.8) is 0 Å². The van der Waals surface area contributed by atoms with Crippen LogP contribution >= 0.6 is 35.3 Å². The molecule has 0 radical (unpaired) electrons. The fraction of sp³-hybridized carbons (Fsp3) is 0.143. The summed E-state index contributed by atoms with van der Waals surface area (Å²) in [6, 6.07) is 15.5. The van der Waals surface area contributed by atoms with Crippen LogP contribution in [0.15, 0.2) is 54.9 Å². The Morgan fingerprint density at radius 3 is 2.43 bits per heavy atom. The van der Waals surface area contributed by atoms with Crippen molar-refractivity contribution in [3.05, 3.63) is 75.9 Å². The molecule has 144 valence electrons. The minimum absolute atomic E-state index is 0. The van der Waals surface area contributed by atoms with Gasteiger partial charge in [-0.2, -0.15) is 0 Å². The van der Waals surface area contributed by atoms with E-state index in [0.29, 0.717) is 6.61 Å². The van der Waals surface area contributed by atoms with Gasteiger partial charge in [0.2, 0.25) is 0 Å². The molecule has 4 rings (SSSR count). The molecule has 7 heteroatoms. The van der Waals surface area contributed by atoms with Crippen LogP contribution in [0.2, 0.25) is 5.02 Å². The highest BCUT2D eigenvalue weighted by Gasteiger charge is 2.12. The second-order valence-corrected chi connectivity index (χ2v) is 7.89. The van der Waals surface area contributed by atoms with Gasteiger partial charge in [0, 0.05) is 15.6 Å². The molecule has 2 aromatic carbocycles. The summed E-state index contributed by atoms with van der Waals surface area (Å²) in [5.41, 5.74) is 3.26. The van der Waals surface area contributed by atoms with Crippen LogP contribution in [0.25, 0.3) is 10.2 Å². The predicted octanol–water partition coefficient (Wildman–Crippen LogP) is 6.71. The van der Waals surface area contributed by atoms with E-state index in [9.17, 15) is 0 Å². The number of ether oxygens (including phenoxy) is 1. The number of anilines is 2. The Balaban J connectivity index is 0.00000225. The molecule has 2 aromatic heterocycles. The molecule has 4 aromatic rings. The zero-order valence-corrected chi connectivity index (χ0v) is 17.8. The normalized spacial score (nSPS) is 10.5. The van der Waals surface area contributed by atoms with Crippen LogP contribution in [0.5, 0.6) is 5.75 Å². The third-order valence-electron chi connectivity index (χ3n) is 4.40. The van der Waals surface area contributed by atoms with Crippen molar-refractivity contribution in [1.82, 2.24) is 9.97 Å². The molecule has 0 aliphatic rings. The van der Waals surface area contributed by atoms with E-state index in [-0.39, 0.29) is 12.4 Å². The molecule has 28 heavy (non-hydrogen) atoms. The fourth-order valence-corrected chi connectivity index (χ4v) is 3.92. The number of fused-ring (bicyclic) bond motifs is 1. The van der Waals surface area contributed by atoms with Crippen LogP contribution in [0.3, 0.4) is 0 Å². The molecule has 0 bridgehead atoms. The number of rotatable bonds is 5. The monoisotopic (exact) mass is 431 g/mol. The fourth-order valence-electron chi connectivity index (χ4n) is 2.80. The number of nitrogens with zero attached hydrogens (tertiary/aromatic N) is 2. The summed E-state index contributed by atoms with van der Waals surface area (Å²) in [6.07, 6.45) is 1.60. The Kier molecular flexibility index (Phi) is 6.39. The van der Waals surface area contributed by atoms with Crippen molar-refractivity contribution in [2.75, 3.05) is 5.32 Å². The van der Waals surface area contributed by atoms with E-state index >= 15 is 0 Å². The number of halogens is 2. The molecule has 0 amide bonds. The summed E-state index contributed by atoms with van der Waals surface area (Å²) in [4.78, 5) is 11.1. The van der Waals surface area contributed by atoms with Gasteiger partial charge >= 0.3 is 0 Å². The van der Waals surface area contributed by atoms with Gasteiger partial charge in [0.15, 0.2) is 0 Å². The summed E-state index contributed by atoms with van der Waals surface area (Å²) < 4.78 is 5.83. The molecular weight excluding hydrogens is 413 g/mol. The number of aryl methyl sites for hydroxylation is 2. The van der Waals surface area contributed by atoms with Gasteiger partial charge in [-0.05, 0) is 61.4 Å². The lowest BCUT2D eigenvalue weighted by Crippen LogP contribution is -1.97. The molecule has 0 fully saturated rings. The lowest BCUT2D eigenvalue weighted by atomic mass is 10.2. The first-order valence-corrected chi connectivity index (χ1v) is 9.74. The van der Waals surface area contributed by atoms with Crippen LogP contribution < -0.4 is 10.1 Å². The molecule has 2 heterocycles. The van der Waals surface area contributed by atoms with E-state index in [4.69, 9.17) is 16.3 Å². The zero-order chi connectivity index (χ0) is 18.8. The van der Waals surface area contributed by atoms with Crippen molar-refractivity contribution in [1.29, 1.82) is 0 Å². The molecule has 0 spiro atoms.